The first-order valence-corrected chi connectivity index (χ1v) is 13.9. The molecule has 0 aromatic heterocycles. The van der Waals surface area contributed by atoms with Crippen LogP contribution in [-0.4, -0.2) is 57.3 Å². The standard InChI is InChI=1S/C29H32N4O4S/c1-2-21-12-9-13-23(18-21)31-26(35)20-33-24-15-17-38-27(24)28(36)32(29(33)37)16-8-4-7-14-25(34)30-19-22-10-5-3-6-11-22/h3,5-6,9-13,15,17-18,27H,2,4,7-8,14,16,19-20H2,1H3,(H-,30,31,34,35)/p+1. The minimum atomic E-state index is -0.521. The molecule has 2 aliphatic heterocycles. The Balaban J connectivity index is 1.28. The molecule has 0 fully saturated rings. The topological polar surface area (TPSA) is 98.6 Å². The van der Waals surface area contributed by atoms with Crippen molar-refractivity contribution in [1.82, 2.24) is 10.2 Å². The fourth-order valence-corrected chi connectivity index (χ4v) is 5.41. The zero-order valence-electron chi connectivity index (χ0n) is 21.5. The fourth-order valence-electron chi connectivity index (χ4n) is 4.45. The third-order valence-electron chi connectivity index (χ3n) is 6.52. The van der Waals surface area contributed by atoms with E-state index in [0.717, 1.165) is 17.5 Å². The number of imide groups is 1. The number of aryl methyl sites for hydroxylation is 1. The van der Waals surface area contributed by atoms with E-state index < -0.39 is 11.3 Å². The lowest BCUT2D eigenvalue weighted by Gasteiger charge is -2.24. The van der Waals surface area contributed by atoms with Crippen LogP contribution in [0, 0.1) is 0 Å². The molecule has 2 aromatic carbocycles. The van der Waals surface area contributed by atoms with Gasteiger partial charge in [-0.25, -0.2) is 4.79 Å². The first-order valence-electron chi connectivity index (χ1n) is 13.0. The Hall–Kier alpha value is -3.72. The van der Waals surface area contributed by atoms with E-state index in [1.54, 1.807) is 11.5 Å². The molecule has 0 spiro atoms. The Kier molecular flexibility index (Phi) is 9.48. The number of fused-ring (bicyclic) bond motifs is 1. The van der Waals surface area contributed by atoms with Crippen molar-refractivity contribution in [1.29, 1.82) is 0 Å². The molecule has 9 heteroatoms. The highest BCUT2D eigenvalue weighted by molar-refractivity contribution is 8.04. The normalized spacial score (nSPS) is 16.6. The predicted octanol–water partition coefficient (Wildman–Crippen LogP) is 4.11. The molecule has 198 valence electrons. The summed E-state index contributed by atoms with van der Waals surface area (Å²) in [5.41, 5.74) is 3.38. The highest BCUT2D eigenvalue weighted by atomic mass is 32.2. The zero-order valence-corrected chi connectivity index (χ0v) is 22.3. The first-order chi connectivity index (χ1) is 18.5. The number of benzene rings is 2. The second-order valence-corrected chi connectivity index (χ2v) is 10.3. The van der Waals surface area contributed by atoms with Gasteiger partial charge in [-0.3, -0.25) is 9.59 Å². The SMILES string of the molecule is CCc1cccc(NC(=O)C[N+]2=C3C=CSC3C(=O)N(CCCCCC(=O)NCc3ccccc3)C2=O)c1. The molecule has 2 aromatic rings. The van der Waals surface area contributed by atoms with Crippen molar-refractivity contribution in [3.8, 4) is 0 Å². The molecule has 2 N–H and O–H groups in total. The van der Waals surface area contributed by atoms with Crippen LogP contribution in [0.25, 0.3) is 0 Å². The molecular weight excluding hydrogens is 500 g/mol. The van der Waals surface area contributed by atoms with E-state index in [0.29, 0.717) is 43.6 Å². The van der Waals surface area contributed by atoms with Gasteiger partial charge >= 0.3 is 11.9 Å². The molecule has 2 aliphatic rings. The molecule has 4 rings (SSSR count). The summed E-state index contributed by atoms with van der Waals surface area (Å²) in [7, 11) is 0. The second kappa shape index (κ2) is 13.2. The maximum atomic E-state index is 13.3. The minimum absolute atomic E-state index is 0.0201. The van der Waals surface area contributed by atoms with Crippen LogP contribution >= 0.6 is 11.8 Å². The summed E-state index contributed by atoms with van der Waals surface area (Å²) < 4.78 is 1.40. The number of allylic oxidation sites excluding steroid dienone is 1. The van der Waals surface area contributed by atoms with Crippen molar-refractivity contribution >= 4 is 46.9 Å². The van der Waals surface area contributed by atoms with Gasteiger partial charge in [0.25, 0.3) is 5.91 Å². The van der Waals surface area contributed by atoms with E-state index in [-0.39, 0.29) is 30.8 Å². The molecule has 0 aliphatic carbocycles. The van der Waals surface area contributed by atoms with Gasteiger partial charge in [0.1, 0.15) is 5.71 Å². The number of nitrogens with one attached hydrogen (secondary N) is 2. The average molecular weight is 534 g/mol. The summed E-state index contributed by atoms with van der Waals surface area (Å²) in [5.74, 6) is -0.597. The van der Waals surface area contributed by atoms with Gasteiger partial charge in [-0.15, -0.1) is 11.8 Å². The van der Waals surface area contributed by atoms with Crippen LogP contribution in [0.1, 0.15) is 43.7 Å². The van der Waals surface area contributed by atoms with Gasteiger partial charge in [0, 0.05) is 18.7 Å². The van der Waals surface area contributed by atoms with E-state index in [2.05, 4.69) is 10.6 Å². The molecular formula is C29H33N4O4S+. The molecule has 0 saturated carbocycles. The Morgan fingerprint density at radius 1 is 0.974 bits per heavy atom. The minimum Gasteiger partial charge on any atom is -0.352 e. The lowest BCUT2D eigenvalue weighted by molar-refractivity contribution is -0.425. The summed E-state index contributed by atoms with van der Waals surface area (Å²) in [5, 5.41) is 7.04. The Bertz CT molecular complexity index is 1260. The number of amides is 5. The zero-order chi connectivity index (χ0) is 26.9. The largest absolute Gasteiger partial charge is 0.501 e. The molecule has 0 radical (unpaired) electrons. The number of carbonyl (C=O) groups is 4. The van der Waals surface area contributed by atoms with Crippen LogP contribution in [-0.2, 0) is 27.3 Å². The van der Waals surface area contributed by atoms with Gasteiger partial charge in [0.2, 0.25) is 5.91 Å². The number of rotatable bonds is 12. The number of thioether (sulfide) groups is 1. The molecule has 1 unspecified atom stereocenters. The van der Waals surface area contributed by atoms with Gasteiger partial charge in [0.15, 0.2) is 11.8 Å². The number of urea groups is 1. The summed E-state index contributed by atoms with van der Waals surface area (Å²) in [6.07, 6.45) is 4.94. The smallest absolute Gasteiger partial charge is 0.352 e. The van der Waals surface area contributed by atoms with Gasteiger partial charge < -0.3 is 10.6 Å². The maximum Gasteiger partial charge on any atom is 0.501 e. The number of hydrogen-bond acceptors (Lipinski definition) is 5. The van der Waals surface area contributed by atoms with E-state index in [4.69, 9.17) is 0 Å². The number of anilines is 1. The van der Waals surface area contributed by atoms with Crippen molar-refractivity contribution in [3.63, 3.8) is 0 Å². The Labute approximate surface area is 227 Å². The monoisotopic (exact) mass is 533 g/mol. The quantitative estimate of drug-likeness (QED) is 0.316. The molecule has 8 nitrogen and oxygen atoms in total. The van der Waals surface area contributed by atoms with Gasteiger partial charge in [-0.1, -0.05) is 49.4 Å². The van der Waals surface area contributed by atoms with E-state index >= 15 is 0 Å². The van der Waals surface area contributed by atoms with Crippen LogP contribution in [0.3, 0.4) is 0 Å². The van der Waals surface area contributed by atoms with Crippen molar-refractivity contribution < 1.29 is 23.8 Å². The van der Waals surface area contributed by atoms with Gasteiger partial charge in [-0.05, 0) is 60.4 Å². The third-order valence-corrected chi connectivity index (χ3v) is 7.53. The highest BCUT2D eigenvalue weighted by Crippen LogP contribution is 2.28. The maximum absolute atomic E-state index is 13.3. The molecule has 1 atom stereocenters. The van der Waals surface area contributed by atoms with E-state index in [1.807, 2.05) is 61.5 Å². The van der Waals surface area contributed by atoms with Crippen molar-refractivity contribution in [2.24, 2.45) is 0 Å². The summed E-state index contributed by atoms with van der Waals surface area (Å²) >= 11 is 1.34. The summed E-state index contributed by atoms with van der Waals surface area (Å²) in [6, 6.07) is 16.9. The molecule has 38 heavy (non-hydrogen) atoms. The molecule has 0 bridgehead atoms. The first kappa shape index (κ1) is 27.3. The van der Waals surface area contributed by atoms with Crippen LogP contribution in [0.5, 0.6) is 0 Å². The number of nitrogens with zero attached hydrogens (tertiary/aromatic N) is 2. The predicted molar refractivity (Wildman–Crippen MR) is 149 cm³/mol. The van der Waals surface area contributed by atoms with Crippen LogP contribution in [0.4, 0.5) is 10.5 Å². The molecule has 5 amide bonds. The lowest BCUT2D eigenvalue weighted by Crippen LogP contribution is -2.56. The molecule has 0 saturated heterocycles. The lowest BCUT2D eigenvalue weighted by atomic mass is 10.1. The highest BCUT2D eigenvalue weighted by Gasteiger charge is 2.49. The molecule has 2 heterocycles. The fraction of sp³-hybridized carbons (Fsp3) is 0.345. The van der Waals surface area contributed by atoms with Crippen LogP contribution in [0.15, 0.2) is 66.1 Å². The van der Waals surface area contributed by atoms with Gasteiger partial charge in [-0.2, -0.15) is 14.3 Å². The Morgan fingerprint density at radius 3 is 2.55 bits per heavy atom. The van der Waals surface area contributed by atoms with E-state index in [1.165, 1.54) is 21.2 Å². The summed E-state index contributed by atoms with van der Waals surface area (Å²) in [6.45, 7) is 2.62. The van der Waals surface area contributed by atoms with E-state index in [9.17, 15) is 19.2 Å². The van der Waals surface area contributed by atoms with Crippen LogP contribution < -0.4 is 10.6 Å². The number of unbranched alkanes of at least 4 members (excludes halogenated alkanes) is 2. The number of hydrogen-bond donors (Lipinski definition) is 2. The van der Waals surface area contributed by atoms with Crippen LogP contribution in [0.2, 0.25) is 0 Å². The third kappa shape index (κ3) is 6.98. The number of carbonyl (C=O) groups excluding carboxylic acids is 4. The Morgan fingerprint density at radius 2 is 1.76 bits per heavy atom. The second-order valence-electron chi connectivity index (χ2n) is 9.28. The average Bonchev–Trinajstić information content (AvgIpc) is 3.42. The van der Waals surface area contributed by atoms with Crippen molar-refractivity contribution in [3.05, 3.63) is 77.2 Å². The van der Waals surface area contributed by atoms with Crippen molar-refractivity contribution in [2.75, 3.05) is 18.4 Å². The summed E-state index contributed by atoms with van der Waals surface area (Å²) in [4.78, 5) is 52.5. The van der Waals surface area contributed by atoms with Gasteiger partial charge in [0.05, 0.1) is 6.54 Å². The van der Waals surface area contributed by atoms with Crippen molar-refractivity contribution in [2.45, 2.75) is 50.8 Å².